The molecule has 0 atom stereocenters. The number of methoxy groups -OCH3 is 1. The Balaban J connectivity index is 2.46. The van der Waals surface area contributed by atoms with Gasteiger partial charge in [0, 0.05) is 10.4 Å². The van der Waals surface area contributed by atoms with Crippen LogP contribution in [0.15, 0.2) is 18.2 Å². The van der Waals surface area contributed by atoms with Gasteiger partial charge in [-0.15, -0.1) is 11.3 Å². The van der Waals surface area contributed by atoms with Gasteiger partial charge in [0.1, 0.15) is 5.75 Å². The fraction of sp³-hybridized carbons (Fsp3) is 0.400. The summed E-state index contributed by atoms with van der Waals surface area (Å²) in [6, 6.07) is 6.32. The van der Waals surface area contributed by atoms with E-state index in [1.807, 2.05) is 0 Å². The van der Waals surface area contributed by atoms with Crippen LogP contribution in [0.2, 0.25) is 0 Å². The lowest BCUT2D eigenvalue weighted by Gasteiger charge is -2.08. The predicted octanol–water partition coefficient (Wildman–Crippen LogP) is 4.93. The quantitative estimate of drug-likeness (QED) is 0.694. The summed E-state index contributed by atoms with van der Waals surface area (Å²) in [5, 5.41) is 0. The second-order valence-corrected chi connectivity index (χ2v) is 7.86. The fourth-order valence-electron chi connectivity index (χ4n) is 2.03. The van der Waals surface area contributed by atoms with Gasteiger partial charge in [-0.25, -0.2) is 4.98 Å². The van der Waals surface area contributed by atoms with Crippen LogP contribution in [-0.4, -0.2) is 12.1 Å². The van der Waals surface area contributed by atoms with Crippen molar-refractivity contribution in [3.8, 4) is 17.0 Å². The first-order valence-electron chi connectivity index (χ1n) is 6.31. The zero-order chi connectivity index (χ0) is 14.0. The van der Waals surface area contributed by atoms with E-state index < -0.39 is 0 Å². The predicted molar refractivity (Wildman–Crippen MR) is 90.1 cm³/mol. The maximum absolute atomic E-state index is 5.41. The zero-order valence-electron chi connectivity index (χ0n) is 11.7. The third kappa shape index (κ3) is 3.48. The van der Waals surface area contributed by atoms with Gasteiger partial charge < -0.3 is 4.74 Å². The Morgan fingerprint density at radius 2 is 2.11 bits per heavy atom. The van der Waals surface area contributed by atoms with Crippen molar-refractivity contribution in [3.05, 3.63) is 31.7 Å². The van der Waals surface area contributed by atoms with Crippen LogP contribution in [0, 0.1) is 15.9 Å². The topological polar surface area (TPSA) is 22.1 Å². The molecule has 2 nitrogen and oxygen atoms in total. The third-order valence-corrected chi connectivity index (χ3v) is 4.71. The molecular weight excluding hydrogens is 369 g/mol. The lowest BCUT2D eigenvalue weighted by molar-refractivity contribution is 0.412. The van der Waals surface area contributed by atoms with Gasteiger partial charge in [0.05, 0.1) is 12.8 Å². The summed E-state index contributed by atoms with van der Waals surface area (Å²) in [5.74, 6) is 1.57. The first kappa shape index (κ1) is 14.8. The van der Waals surface area contributed by atoms with Crippen molar-refractivity contribution < 1.29 is 4.74 Å². The maximum atomic E-state index is 5.41. The smallest absolute Gasteiger partial charge is 0.154 e. The summed E-state index contributed by atoms with van der Waals surface area (Å²) in [5.41, 5.74) is 3.42. The minimum Gasteiger partial charge on any atom is -0.496 e. The summed E-state index contributed by atoms with van der Waals surface area (Å²) < 4.78 is 6.51. The zero-order valence-corrected chi connectivity index (χ0v) is 14.6. The van der Waals surface area contributed by atoms with Crippen LogP contribution < -0.4 is 4.74 Å². The lowest BCUT2D eigenvalue weighted by atomic mass is 10.0. The van der Waals surface area contributed by atoms with Gasteiger partial charge in [-0.2, -0.15) is 0 Å². The van der Waals surface area contributed by atoms with Gasteiger partial charge in [0.2, 0.25) is 0 Å². The molecule has 0 N–H and O–H groups in total. The van der Waals surface area contributed by atoms with Crippen LogP contribution in [0.25, 0.3) is 11.3 Å². The Hall–Kier alpha value is -0.620. The number of ether oxygens (including phenoxy) is 1. The van der Waals surface area contributed by atoms with Crippen LogP contribution in [0.1, 0.15) is 24.3 Å². The van der Waals surface area contributed by atoms with Crippen molar-refractivity contribution >= 4 is 33.9 Å². The molecule has 0 aliphatic rings. The second kappa shape index (κ2) is 6.22. The Labute approximate surface area is 132 Å². The van der Waals surface area contributed by atoms with E-state index in [-0.39, 0.29) is 0 Å². The van der Waals surface area contributed by atoms with Gasteiger partial charge in [0.25, 0.3) is 0 Å². The average Bonchev–Trinajstić information content (AvgIpc) is 2.70. The van der Waals surface area contributed by atoms with E-state index in [1.165, 1.54) is 4.88 Å². The van der Waals surface area contributed by atoms with Gasteiger partial charge in [-0.05, 0) is 53.5 Å². The highest BCUT2D eigenvalue weighted by Gasteiger charge is 2.14. The van der Waals surface area contributed by atoms with Crippen LogP contribution in [0.5, 0.6) is 5.75 Å². The van der Waals surface area contributed by atoms with Crippen LogP contribution in [0.3, 0.4) is 0 Å². The van der Waals surface area contributed by atoms with Gasteiger partial charge in [-0.1, -0.05) is 26.0 Å². The SMILES string of the molecule is COc1cc(-c2nc(I)sc2CC(C)C)ccc1C. The van der Waals surface area contributed by atoms with Crippen LogP contribution in [0.4, 0.5) is 0 Å². The Kier molecular flexibility index (Phi) is 4.84. The van der Waals surface area contributed by atoms with E-state index in [1.54, 1.807) is 18.4 Å². The molecule has 0 unspecified atom stereocenters. The molecule has 102 valence electrons. The average molecular weight is 387 g/mol. The summed E-state index contributed by atoms with van der Waals surface area (Å²) in [6.45, 7) is 6.54. The second-order valence-electron chi connectivity index (χ2n) is 5.02. The lowest BCUT2D eigenvalue weighted by Crippen LogP contribution is -1.94. The molecule has 0 fully saturated rings. The third-order valence-electron chi connectivity index (χ3n) is 2.95. The molecule has 1 aromatic carbocycles. The van der Waals surface area contributed by atoms with E-state index in [0.717, 1.165) is 32.0 Å². The van der Waals surface area contributed by atoms with Crippen molar-refractivity contribution in [1.29, 1.82) is 0 Å². The highest BCUT2D eigenvalue weighted by molar-refractivity contribution is 14.1. The normalized spacial score (nSPS) is 11.1. The molecule has 0 aliphatic carbocycles. The number of aryl methyl sites for hydroxylation is 1. The van der Waals surface area contributed by atoms with E-state index >= 15 is 0 Å². The van der Waals surface area contributed by atoms with Crippen LogP contribution >= 0.6 is 33.9 Å². The van der Waals surface area contributed by atoms with E-state index in [2.05, 4.69) is 66.5 Å². The summed E-state index contributed by atoms with van der Waals surface area (Å²) in [6.07, 6.45) is 1.08. The molecule has 1 heterocycles. The number of benzene rings is 1. The van der Waals surface area contributed by atoms with Crippen molar-refractivity contribution in [2.24, 2.45) is 5.92 Å². The number of rotatable bonds is 4. The molecular formula is C15H18INOS. The molecule has 2 aromatic rings. The van der Waals surface area contributed by atoms with Crippen molar-refractivity contribution in [2.75, 3.05) is 7.11 Å². The first-order valence-corrected chi connectivity index (χ1v) is 8.21. The van der Waals surface area contributed by atoms with E-state index in [9.17, 15) is 0 Å². The van der Waals surface area contributed by atoms with Gasteiger partial charge in [0.15, 0.2) is 3.01 Å². The fourth-order valence-corrected chi connectivity index (χ4v) is 4.08. The van der Waals surface area contributed by atoms with Gasteiger partial charge in [-0.3, -0.25) is 0 Å². The highest BCUT2D eigenvalue weighted by atomic mass is 127. The molecule has 0 radical (unpaired) electrons. The molecule has 2 rings (SSSR count). The summed E-state index contributed by atoms with van der Waals surface area (Å²) in [4.78, 5) is 6.05. The number of nitrogens with zero attached hydrogens (tertiary/aromatic N) is 1. The number of hydrogen-bond acceptors (Lipinski definition) is 3. The molecule has 0 amide bonds. The molecule has 0 bridgehead atoms. The highest BCUT2D eigenvalue weighted by Crippen LogP contribution is 2.33. The molecule has 0 saturated carbocycles. The summed E-state index contributed by atoms with van der Waals surface area (Å²) >= 11 is 4.09. The van der Waals surface area contributed by atoms with Gasteiger partial charge >= 0.3 is 0 Å². The Bertz CT molecular complexity index is 578. The maximum Gasteiger partial charge on any atom is 0.154 e. The molecule has 1 aromatic heterocycles. The molecule has 0 aliphatic heterocycles. The molecule has 19 heavy (non-hydrogen) atoms. The van der Waals surface area contributed by atoms with E-state index in [0.29, 0.717) is 5.92 Å². The van der Waals surface area contributed by atoms with Crippen molar-refractivity contribution in [1.82, 2.24) is 4.98 Å². The number of hydrogen-bond donors (Lipinski definition) is 0. The largest absolute Gasteiger partial charge is 0.496 e. The Morgan fingerprint density at radius 1 is 1.37 bits per heavy atom. The monoisotopic (exact) mass is 387 g/mol. The molecule has 0 saturated heterocycles. The first-order chi connectivity index (χ1) is 9.01. The number of aromatic nitrogens is 1. The standard InChI is InChI=1S/C15H18INOS/c1-9(2)7-13-14(17-15(16)19-13)11-6-5-10(3)12(8-11)18-4/h5-6,8-9H,7H2,1-4H3. The Morgan fingerprint density at radius 3 is 2.74 bits per heavy atom. The van der Waals surface area contributed by atoms with E-state index in [4.69, 9.17) is 4.74 Å². The van der Waals surface area contributed by atoms with Crippen molar-refractivity contribution in [2.45, 2.75) is 27.2 Å². The minimum atomic E-state index is 0.641. The van der Waals surface area contributed by atoms with Crippen molar-refractivity contribution in [3.63, 3.8) is 0 Å². The number of thiazole rings is 1. The molecule has 0 spiro atoms. The van der Waals surface area contributed by atoms with Crippen LogP contribution in [-0.2, 0) is 6.42 Å². The molecule has 4 heteroatoms. The number of halogens is 1. The minimum absolute atomic E-state index is 0.641. The summed E-state index contributed by atoms with van der Waals surface area (Å²) in [7, 11) is 1.71.